The van der Waals surface area contributed by atoms with Crippen LogP contribution in [0.1, 0.15) is 31.4 Å². The van der Waals surface area contributed by atoms with Crippen LogP contribution in [0.5, 0.6) is 17.2 Å². The summed E-state index contributed by atoms with van der Waals surface area (Å²) in [7, 11) is 0. The Bertz CT molecular complexity index is 1420. The molecule has 0 spiro atoms. The molecule has 1 fully saturated rings. The minimum Gasteiger partial charge on any atom is -0.490 e. The van der Waals surface area contributed by atoms with Gasteiger partial charge in [-0.05, 0) is 83.4 Å². The predicted molar refractivity (Wildman–Crippen MR) is 152 cm³/mol. The van der Waals surface area contributed by atoms with Crippen molar-refractivity contribution < 1.29 is 28.6 Å². The second-order valence-electron chi connectivity index (χ2n) is 8.44. The SMILES string of the molecule is CCCOc1c(Br)cc(/C=C2\C(=O)NC(=O)N(c3ccc(OCc4ccccc4Cl)cc3)C2=O)cc1OCC. The van der Waals surface area contributed by atoms with E-state index >= 15 is 0 Å². The Morgan fingerprint density at radius 2 is 1.72 bits per heavy atom. The summed E-state index contributed by atoms with van der Waals surface area (Å²) in [5, 5.41) is 2.83. The van der Waals surface area contributed by atoms with E-state index in [9.17, 15) is 14.4 Å². The number of anilines is 1. The quantitative estimate of drug-likeness (QED) is 0.206. The summed E-state index contributed by atoms with van der Waals surface area (Å²) in [6, 6.07) is 16.3. The fourth-order valence-electron chi connectivity index (χ4n) is 3.80. The van der Waals surface area contributed by atoms with Gasteiger partial charge in [-0.3, -0.25) is 14.9 Å². The highest BCUT2D eigenvalue weighted by atomic mass is 79.9. The number of benzene rings is 3. The number of rotatable bonds is 10. The number of barbiturate groups is 1. The summed E-state index contributed by atoms with van der Waals surface area (Å²) in [6.45, 7) is 4.99. The van der Waals surface area contributed by atoms with Crippen LogP contribution >= 0.6 is 27.5 Å². The highest BCUT2D eigenvalue weighted by Gasteiger charge is 2.37. The molecule has 4 rings (SSSR count). The lowest BCUT2D eigenvalue weighted by molar-refractivity contribution is -0.122. The van der Waals surface area contributed by atoms with E-state index in [2.05, 4.69) is 21.2 Å². The maximum absolute atomic E-state index is 13.4. The van der Waals surface area contributed by atoms with Crippen molar-refractivity contribution in [2.45, 2.75) is 26.9 Å². The summed E-state index contributed by atoms with van der Waals surface area (Å²) in [5.41, 5.74) is 1.42. The second kappa shape index (κ2) is 12.8. The molecule has 0 bridgehead atoms. The van der Waals surface area contributed by atoms with Gasteiger partial charge < -0.3 is 14.2 Å². The number of carbonyl (C=O) groups is 3. The molecule has 1 aliphatic heterocycles. The van der Waals surface area contributed by atoms with E-state index in [1.165, 1.54) is 6.08 Å². The Hall–Kier alpha value is -3.82. The largest absolute Gasteiger partial charge is 0.490 e. The van der Waals surface area contributed by atoms with Crippen molar-refractivity contribution in [3.05, 3.63) is 86.9 Å². The van der Waals surface area contributed by atoms with E-state index < -0.39 is 17.8 Å². The smallest absolute Gasteiger partial charge is 0.335 e. The minimum absolute atomic E-state index is 0.203. The average molecular weight is 614 g/mol. The van der Waals surface area contributed by atoms with Crippen molar-refractivity contribution in [3.8, 4) is 17.2 Å². The van der Waals surface area contributed by atoms with Crippen LogP contribution < -0.4 is 24.4 Å². The van der Waals surface area contributed by atoms with E-state index in [4.69, 9.17) is 25.8 Å². The van der Waals surface area contributed by atoms with Crippen LogP contribution in [0.3, 0.4) is 0 Å². The molecule has 0 aliphatic carbocycles. The van der Waals surface area contributed by atoms with Gasteiger partial charge in [-0.25, -0.2) is 9.69 Å². The lowest BCUT2D eigenvalue weighted by atomic mass is 10.1. The monoisotopic (exact) mass is 612 g/mol. The third-order valence-electron chi connectivity index (χ3n) is 5.64. The van der Waals surface area contributed by atoms with E-state index in [0.29, 0.717) is 45.5 Å². The fourth-order valence-corrected chi connectivity index (χ4v) is 4.57. The molecule has 0 unspecified atom stereocenters. The van der Waals surface area contributed by atoms with Gasteiger partial charge in [0.1, 0.15) is 17.9 Å². The Kier molecular flexibility index (Phi) is 9.27. The van der Waals surface area contributed by atoms with Crippen LogP contribution in [-0.4, -0.2) is 31.1 Å². The first kappa shape index (κ1) is 28.2. The second-order valence-corrected chi connectivity index (χ2v) is 9.70. The molecule has 1 heterocycles. The molecule has 0 aromatic heterocycles. The molecular formula is C29H26BrClN2O6. The first-order chi connectivity index (χ1) is 18.8. The number of hydrogen-bond acceptors (Lipinski definition) is 6. The Morgan fingerprint density at radius 1 is 0.974 bits per heavy atom. The maximum Gasteiger partial charge on any atom is 0.335 e. The normalized spacial score (nSPS) is 14.4. The molecule has 3 aromatic rings. The number of urea groups is 1. The standard InChI is InChI=1S/C29H26BrClN2O6/c1-3-13-38-26-23(30)15-18(16-25(26)37-4-2)14-22-27(34)32-29(36)33(28(22)35)20-9-11-21(12-10-20)39-17-19-7-5-6-8-24(19)31/h5-12,14-16H,3-4,13,17H2,1-2H3,(H,32,34,36)/b22-14+. The summed E-state index contributed by atoms with van der Waals surface area (Å²) < 4.78 is 17.9. The molecule has 3 aromatic carbocycles. The number of ether oxygens (including phenoxy) is 3. The minimum atomic E-state index is -0.841. The van der Waals surface area contributed by atoms with Gasteiger partial charge in [-0.15, -0.1) is 0 Å². The Balaban J connectivity index is 1.57. The van der Waals surface area contributed by atoms with Crippen molar-refractivity contribution in [1.29, 1.82) is 0 Å². The average Bonchev–Trinajstić information content (AvgIpc) is 2.91. The Labute approximate surface area is 239 Å². The Morgan fingerprint density at radius 3 is 2.41 bits per heavy atom. The van der Waals surface area contributed by atoms with E-state index in [-0.39, 0.29) is 17.9 Å². The first-order valence-corrected chi connectivity index (χ1v) is 13.5. The predicted octanol–water partition coefficient (Wildman–Crippen LogP) is 6.54. The van der Waals surface area contributed by atoms with Crippen molar-refractivity contribution in [1.82, 2.24) is 5.32 Å². The molecular weight excluding hydrogens is 588 g/mol. The zero-order valence-corrected chi connectivity index (χ0v) is 23.7. The number of hydrogen-bond donors (Lipinski definition) is 1. The number of nitrogens with zero attached hydrogens (tertiary/aromatic N) is 1. The molecule has 10 heteroatoms. The first-order valence-electron chi connectivity index (χ1n) is 12.3. The maximum atomic E-state index is 13.4. The van der Waals surface area contributed by atoms with Gasteiger partial charge in [0.2, 0.25) is 0 Å². The molecule has 0 atom stereocenters. The van der Waals surface area contributed by atoms with Gasteiger partial charge in [-0.2, -0.15) is 0 Å². The van der Waals surface area contributed by atoms with Gasteiger partial charge in [0.15, 0.2) is 11.5 Å². The van der Waals surface area contributed by atoms with E-state index in [0.717, 1.165) is 16.9 Å². The molecule has 202 valence electrons. The molecule has 1 N–H and O–H groups in total. The summed E-state index contributed by atoms with van der Waals surface area (Å²) in [5.74, 6) is -0.0191. The van der Waals surface area contributed by atoms with Crippen LogP contribution in [-0.2, 0) is 16.2 Å². The highest BCUT2D eigenvalue weighted by Crippen LogP contribution is 2.38. The summed E-state index contributed by atoms with van der Waals surface area (Å²) >= 11 is 9.66. The van der Waals surface area contributed by atoms with Crippen molar-refractivity contribution in [3.63, 3.8) is 0 Å². The number of nitrogens with one attached hydrogen (secondary N) is 1. The molecule has 39 heavy (non-hydrogen) atoms. The van der Waals surface area contributed by atoms with Gasteiger partial charge in [0.25, 0.3) is 11.8 Å². The van der Waals surface area contributed by atoms with E-state index in [1.54, 1.807) is 42.5 Å². The molecule has 4 amide bonds. The number of imide groups is 2. The van der Waals surface area contributed by atoms with Crippen LogP contribution in [0.4, 0.5) is 10.5 Å². The zero-order chi connectivity index (χ0) is 27.9. The molecule has 0 radical (unpaired) electrons. The third-order valence-corrected chi connectivity index (χ3v) is 6.60. The van der Waals surface area contributed by atoms with Gasteiger partial charge in [0, 0.05) is 10.6 Å². The highest BCUT2D eigenvalue weighted by molar-refractivity contribution is 9.10. The van der Waals surface area contributed by atoms with Crippen LogP contribution in [0.15, 0.2) is 70.7 Å². The van der Waals surface area contributed by atoms with Crippen LogP contribution in [0.2, 0.25) is 5.02 Å². The fraction of sp³-hybridized carbons (Fsp3) is 0.207. The molecule has 8 nitrogen and oxygen atoms in total. The van der Waals surface area contributed by atoms with Gasteiger partial charge >= 0.3 is 6.03 Å². The van der Waals surface area contributed by atoms with E-state index in [1.807, 2.05) is 32.0 Å². The van der Waals surface area contributed by atoms with Crippen LogP contribution in [0, 0.1) is 0 Å². The summed E-state index contributed by atoms with van der Waals surface area (Å²) in [4.78, 5) is 39.6. The third kappa shape index (κ3) is 6.61. The molecule has 1 aliphatic rings. The number of carbonyl (C=O) groups excluding carboxylic acids is 3. The van der Waals surface area contributed by atoms with Crippen LogP contribution in [0.25, 0.3) is 6.08 Å². The number of amides is 4. The molecule has 1 saturated heterocycles. The number of halogens is 2. The molecule has 0 saturated carbocycles. The van der Waals surface area contributed by atoms with Crippen molar-refractivity contribution in [2.75, 3.05) is 18.1 Å². The van der Waals surface area contributed by atoms with Gasteiger partial charge in [0.05, 0.1) is 23.4 Å². The lowest BCUT2D eigenvalue weighted by Crippen LogP contribution is -2.54. The van der Waals surface area contributed by atoms with Crippen molar-refractivity contribution >= 4 is 57.1 Å². The van der Waals surface area contributed by atoms with Crippen molar-refractivity contribution in [2.24, 2.45) is 0 Å². The zero-order valence-electron chi connectivity index (χ0n) is 21.3. The van der Waals surface area contributed by atoms with Gasteiger partial charge in [-0.1, -0.05) is 36.7 Å². The topological polar surface area (TPSA) is 94.2 Å². The summed E-state index contributed by atoms with van der Waals surface area (Å²) in [6.07, 6.45) is 2.23. The lowest BCUT2D eigenvalue weighted by Gasteiger charge is -2.26.